The SMILES string of the molecule is CC.[B]C1(C)CCCCCCC1Nc1nc(C)n(C)n1. The first-order valence-electron chi connectivity index (χ1n) is 7.92. The van der Waals surface area contributed by atoms with Crippen LogP contribution in [0.4, 0.5) is 5.95 Å². The molecule has 2 rings (SSSR count). The predicted octanol–water partition coefficient (Wildman–Crippen LogP) is 3.63. The van der Waals surface area contributed by atoms with Crippen molar-refractivity contribution in [2.45, 2.75) is 77.6 Å². The monoisotopic (exact) mass is 276 g/mol. The molecule has 1 aromatic rings. The van der Waals surface area contributed by atoms with Gasteiger partial charge < -0.3 is 5.32 Å². The van der Waals surface area contributed by atoms with Crippen molar-refractivity contribution in [2.24, 2.45) is 7.05 Å². The van der Waals surface area contributed by atoms with Gasteiger partial charge in [-0.15, -0.1) is 5.10 Å². The minimum Gasteiger partial charge on any atom is -0.350 e. The fourth-order valence-corrected chi connectivity index (χ4v) is 2.63. The van der Waals surface area contributed by atoms with Gasteiger partial charge in [-0.1, -0.05) is 52.9 Å². The second kappa shape index (κ2) is 7.70. The standard InChI is InChI=1S/C13H23BN4.C2H6/c1-10-15-12(17-18(10)3)16-11-8-6-4-5-7-9-13(11,2)14;1-2/h11H,4-9H2,1-3H3,(H,16,17);1-2H3. The average Bonchev–Trinajstić information content (AvgIpc) is 2.72. The van der Waals surface area contributed by atoms with Crippen molar-refractivity contribution in [3.8, 4) is 0 Å². The van der Waals surface area contributed by atoms with E-state index in [1.807, 2.05) is 27.8 Å². The van der Waals surface area contributed by atoms with Gasteiger partial charge in [0.05, 0.1) is 7.85 Å². The van der Waals surface area contributed by atoms with Crippen LogP contribution in [0.15, 0.2) is 0 Å². The molecule has 1 aliphatic rings. The molecule has 1 aliphatic carbocycles. The maximum absolute atomic E-state index is 6.46. The Morgan fingerprint density at radius 1 is 1.25 bits per heavy atom. The molecule has 0 aromatic carbocycles. The molecule has 112 valence electrons. The third kappa shape index (κ3) is 4.53. The molecule has 1 N–H and O–H groups in total. The molecular weight excluding hydrogens is 247 g/mol. The van der Waals surface area contributed by atoms with Gasteiger partial charge in [-0.25, -0.2) is 0 Å². The van der Waals surface area contributed by atoms with E-state index in [2.05, 4.69) is 22.3 Å². The number of hydrogen-bond donors (Lipinski definition) is 1. The lowest BCUT2D eigenvalue weighted by molar-refractivity contribution is 0.386. The van der Waals surface area contributed by atoms with Gasteiger partial charge >= 0.3 is 0 Å². The van der Waals surface area contributed by atoms with E-state index in [-0.39, 0.29) is 11.4 Å². The van der Waals surface area contributed by atoms with Gasteiger partial charge in [-0.3, -0.25) is 4.68 Å². The number of anilines is 1. The molecule has 0 saturated heterocycles. The molecule has 0 spiro atoms. The van der Waals surface area contributed by atoms with Crippen LogP contribution in [0.3, 0.4) is 0 Å². The quantitative estimate of drug-likeness (QED) is 0.839. The molecule has 2 radical (unpaired) electrons. The normalized spacial score (nSPS) is 26.9. The van der Waals surface area contributed by atoms with Crippen LogP contribution in [0, 0.1) is 6.92 Å². The molecule has 20 heavy (non-hydrogen) atoms. The minimum atomic E-state index is -0.173. The van der Waals surface area contributed by atoms with Crippen LogP contribution < -0.4 is 5.32 Å². The summed E-state index contributed by atoms with van der Waals surface area (Å²) in [6, 6.07) is 0.264. The molecule has 2 unspecified atom stereocenters. The molecule has 4 nitrogen and oxygen atoms in total. The number of aryl methyl sites for hydroxylation is 2. The third-order valence-electron chi connectivity index (χ3n) is 4.04. The summed E-state index contributed by atoms with van der Waals surface area (Å²) in [5.41, 5.74) is 0. The molecular formula is C15H29BN4. The van der Waals surface area contributed by atoms with E-state index in [4.69, 9.17) is 7.85 Å². The zero-order valence-electron chi connectivity index (χ0n) is 13.7. The van der Waals surface area contributed by atoms with Gasteiger partial charge in [0, 0.05) is 13.1 Å². The number of hydrogen-bond acceptors (Lipinski definition) is 3. The minimum absolute atomic E-state index is 0.173. The summed E-state index contributed by atoms with van der Waals surface area (Å²) in [5, 5.41) is 7.62. The van der Waals surface area contributed by atoms with Gasteiger partial charge in [0.2, 0.25) is 5.95 Å². The van der Waals surface area contributed by atoms with Crippen LogP contribution in [-0.2, 0) is 7.05 Å². The van der Waals surface area contributed by atoms with Crippen LogP contribution in [0.1, 0.15) is 65.1 Å². The van der Waals surface area contributed by atoms with E-state index in [0.29, 0.717) is 5.95 Å². The van der Waals surface area contributed by atoms with Crippen molar-refractivity contribution in [2.75, 3.05) is 5.32 Å². The first-order valence-corrected chi connectivity index (χ1v) is 7.92. The molecule has 0 amide bonds. The largest absolute Gasteiger partial charge is 0.350 e. The lowest BCUT2D eigenvalue weighted by atomic mass is 9.60. The van der Waals surface area contributed by atoms with Crippen molar-refractivity contribution in [1.82, 2.24) is 14.8 Å². The maximum atomic E-state index is 6.46. The van der Waals surface area contributed by atoms with E-state index in [9.17, 15) is 0 Å². The van der Waals surface area contributed by atoms with Gasteiger partial charge in [0.15, 0.2) is 0 Å². The highest BCUT2D eigenvalue weighted by molar-refractivity contribution is 6.15. The molecule has 0 bridgehead atoms. The summed E-state index contributed by atoms with van der Waals surface area (Å²) in [4.78, 5) is 4.41. The first kappa shape index (κ1) is 17.1. The summed E-state index contributed by atoms with van der Waals surface area (Å²) in [7, 11) is 8.37. The highest BCUT2D eigenvalue weighted by atomic mass is 15.4. The number of nitrogens with zero attached hydrogens (tertiary/aromatic N) is 3. The van der Waals surface area contributed by atoms with Crippen molar-refractivity contribution >= 4 is 13.8 Å². The van der Waals surface area contributed by atoms with Gasteiger partial charge in [-0.2, -0.15) is 4.98 Å². The Balaban J connectivity index is 0.000000956. The van der Waals surface area contributed by atoms with E-state index in [1.165, 1.54) is 25.7 Å². The number of rotatable bonds is 2. The van der Waals surface area contributed by atoms with Crippen molar-refractivity contribution in [3.05, 3.63) is 5.82 Å². The Labute approximate surface area is 125 Å². The lowest BCUT2D eigenvalue weighted by Gasteiger charge is -2.37. The molecule has 5 heteroatoms. The van der Waals surface area contributed by atoms with Crippen LogP contribution in [0.2, 0.25) is 5.31 Å². The number of nitrogens with one attached hydrogen (secondary N) is 1. The summed E-state index contributed by atoms with van der Waals surface area (Å²) in [6.45, 7) is 8.10. The summed E-state index contributed by atoms with van der Waals surface area (Å²) < 4.78 is 1.79. The maximum Gasteiger partial charge on any atom is 0.242 e. The average molecular weight is 276 g/mol. The smallest absolute Gasteiger partial charge is 0.242 e. The Morgan fingerprint density at radius 2 is 1.90 bits per heavy atom. The molecule has 1 aromatic heterocycles. The first-order chi connectivity index (χ1) is 9.49. The van der Waals surface area contributed by atoms with Crippen molar-refractivity contribution < 1.29 is 0 Å². The fourth-order valence-electron chi connectivity index (χ4n) is 2.63. The summed E-state index contributed by atoms with van der Waals surface area (Å²) in [6.07, 6.45) is 7.24. The van der Waals surface area contributed by atoms with Gasteiger partial charge in [-0.05, 0) is 18.7 Å². The van der Waals surface area contributed by atoms with E-state index in [0.717, 1.165) is 18.7 Å². The number of aromatic nitrogens is 3. The van der Waals surface area contributed by atoms with Crippen LogP contribution in [-0.4, -0.2) is 28.7 Å². The molecule has 1 fully saturated rings. The van der Waals surface area contributed by atoms with E-state index in [1.54, 1.807) is 4.68 Å². The molecule has 1 saturated carbocycles. The van der Waals surface area contributed by atoms with Gasteiger partial charge in [0.1, 0.15) is 5.82 Å². The lowest BCUT2D eigenvalue weighted by Crippen LogP contribution is -2.35. The summed E-state index contributed by atoms with van der Waals surface area (Å²) >= 11 is 0. The van der Waals surface area contributed by atoms with Crippen LogP contribution in [0.25, 0.3) is 0 Å². The fraction of sp³-hybridized carbons (Fsp3) is 0.867. The second-order valence-electron chi connectivity index (χ2n) is 5.76. The highest BCUT2D eigenvalue weighted by Gasteiger charge is 2.30. The summed E-state index contributed by atoms with van der Waals surface area (Å²) in [5.74, 6) is 1.62. The predicted molar refractivity (Wildman–Crippen MR) is 86.3 cm³/mol. The van der Waals surface area contributed by atoms with Gasteiger partial charge in [0.25, 0.3) is 0 Å². The van der Waals surface area contributed by atoms with Crippen LogP contribution >= 0.6 is 0 Å². The topological polar surface area (TPSA) is 42.7 Å². The van der Waals surface area contributed by atoms with Crippen LogP contribution in [0.5, 0.6) is 0 Å². The van der Waals surface area contributed by atoms with E-state index >= 15 is 0 Å². The highest BCUT2D eigenvalue weighted by Crippen LogP contribution is 2.38. The Kier molecular flexibility index (Phi) is 6.57. The molecule has 0 aliphatic heterocycles. The van der Waals surface area contributed by atoms with Crippen molar-refractivity contribution in [3.63, 3.8) is 0 Å². The zero-order valence-corrected chi connectivity index (χ0v) is 13.7. The second-order valence-corrected chi connectivity index (χ2v) is 5.76. The Hall–Kier alpha value is -0.995. The molecule has 1 heterocycles. The van der Waals surface area contributed by atoms with Crippen molar-refractivity contribution in [1.29, 1.82) is 0 Å². The Bertz CT molecular complexity index is 381. The van der Waals surface area contributed by atoms with E-state index < -0.39 is 0 Å². The zero-order chi connectivity index (χ0) is 15.2. The Morgan fingerprint density at radius 3 is 2.50 bits per heavy atom. The third-order valence-corrected chi connectivity index (χ3v) is 4.04. The molecule has 2 atom stereocenters.